The summed E-state index contributed by atoms with van der Waals surface area (Å²) in [5.41, 5.74) is -0.0439. The van der Waals surface area contributed by atoms with Crippen molar-refractivity contribution in [1.82, 2.24) is 5.32 Å². The Morgan fingerprint density at radius 2 is 1.95 bits per heavy atom. The summed E-state index contributed by atoms with van der Waals surface area (Å²) in [4.78, 5) is 22.7. The zero-order valence-corrected chi connectivity index (χ0v) is 10.6. The van der Waals surface area contributed by atoms with Crippen molar-refractivity contribution >= 4 is 11.9 Å². The molecule has 2 rings (SSSR count). The molecule has 0 aliphatic heterocycles. The molecular formula is C14H17NO4. The van der Waals surface area contributed by atoms with Gasteiger partial charge in [0.05, 0.1) is 18.4 Å². The molecule has 1 fully saturated rings. The summed E-state index contributed by atoms with van der Waals surface area (Å²) in [6.45, 7) is 0. The first-order chi connectivity index (χ1) is 9.01. The highest BCUT2D eigenvalue weighted by molar-refractivity contribution is 5.81. The fourth-order valence-electron chi connectivity index (χ4n) is 2.41. The van der Waals surface area contributed by atoms with Gasteiger partial charge in [-0.2, -0.15) is 0 Å². The van der Waals surface area contributed by atoms with Gasteiger partial charge in [0.25, 0.3) is 0 Å². The lowest BCUT2D eigenvalue weighted by molar-refractivity contribution is -0.140. The van der Waals surface area contributed by atoms with E-state index in [0.29, 0.717) is 18.4 Å². The Labute approximate surface area is 111 Å². The zero-order chi connectivity index (χ0) is 13.9. The molecule has 0 bridgehead atoms. The first-order valence-corrected chi connectivity index (χ1v) is 6.30. The first-order valence-electron chi connectivity index (χ1n) is 6.30. The number of para-hydroxylation sites is 1. The molecule has 0 heterocycles. The number of carboxylic acids is 1. The monoisotopic (exact) mass is 263 g/mol. The second kappa shape index (κ2) is 5.30. The fraction of sp³-hybridized carbons (Fsp3) is 0.429. The van der Waals surface area contributed by atoms with E-state index in [9.17, 15) is 14.7 Å². The van der Waals surface area contributed by atoms with Crippen molar-refractivity contribution in [2.75, 3.05) is 0 Å². The van der Waals surface area contributed by atoms with Crippen molar-refractivity contribution in [3.05, 3.63) is 29.8 Å². The molecule has 1 aliphatic carbocycles. The molecule has 5 heteroatoms. The smallest absolute Gasteiger partial charge is 0.305 e. The normalized spacial score (nSPS) is 16.4. The highest BCUT2D eigenvalue weighted by atomic mass is 16.4. The average molecular weight is 263 g/mol. The molecule has 1 aromatic rings. The fourth-order valence-corrected chi connectivity index (χ4v) is 2.41. The molecule has 0 aromatic heterocycles. The number of nitrogens with one attached hydrogen (secondary N) is 1. The summed E-state index contributed by atoms with van der Waals surface area (Å²) in [6, 6.07) is 6.64. The van der Waals surface area contributed by atoms with Gasteiger partial charge in [0.15, 0.2) is 0 Å². The lowest BCUT2D eigenvalue weighted by Crippen LogP contribution is -2.55. The van der Waals surface area contributed by atoms with Crippen molar-refractivity contribution in [2.45, 2.75) is 37.6 Å². The number of benzene rings is 1. The molecule has 0 unspecified atom stereocenters. The number of phenols is 1. The van der Waals surface area contributed by atoms with Crippen LogP contribution < -0.4 is 5.32 Å². The van der Waals surface area contributed by atoms with Crippen LogP contribution in [0.3, 0.4) is 0 Å². The minimum absolute atomic E-state index is 0.0422. The molecule has 3 N–H and O–H groups in total. The lowest BCUT2D eigenvalue weighted by atomic mass is 9.74. The first kappa shape index (κ1) is 13.4. The molecule has 1 aromatic carbocycles. The van der Waals surface area contributed by atoms with Gasteiger partial charge in [-0.15, -0.1) is 0 Å². The van der Waals surface area contributed by atoms with Crippen molar-refractivity contribution < 1.29 is 19.8 Å². The topological polar surface area (TPSA) is 86.6 Å². The van der Waals surface area contributed by atoms with E-state index in [-0.39, 0.29) is 24.5 Å². The van der Waals surface area contributed by atoms with Crippen LogP contribution in [-0.4, -0.2) is 27.6 Å². The molecule has 0 spiro atoms. The quantitative estimate of drug-likeness (QED) is 0.750. The molecular weight excluding hydrogens is 246 g/mol. The highest BCUT2D eigenvalue weighted by Gasteiger charge is 2.40. The number of carbonyl (C=O) groups excluding carboxylic acids is 1. The van der Waals surface area contributed by atoms with E-state index in [2.05, 4.69) is 5.32 Å². The Bertz CT molecular complexity index is 494. The van der Waals surface area contributed by atoms with E-state index in [4.69, 9.17) is 5.11 Å². The van der Waals surface area contributed by atoms with Crippen LogP contribution in [0, 0.1) is 0 Å². The van der Waals surface area contributed by atoms with Gasteiger partial charge in [0.2, 0.25) is 5.91 Å². The maximum Gasteiger partial charge on any atom is 0.305 e. The van der Waals surface area contributed by atoms with Crippen LogP contribution in [0.1, 0.15) is 31.2 Å². The van der Waals surface area contributed by atoms with E-state index >= 15 is 0 Å². The third-order valence-electron chi connectivity index (χ3n) is 3.55. The van der Waals surface area contributed by atoms with Crippen LogP contribution in [0.15, 0.2) is 24.3 Å². The summed E-state index contributed by atoms with van der Waals surface area (Å²) in [5.74, 6) is -1.07. The van der Waals surface area contributed by atoms with Gasteiger partial charge >= 0.3 is 5.97 Å². The number of hydrogen-bond acceptors (Lipinski definition) is 3. The number of phenolic OH excluding ortho intramolecular Hbond substituents is 1. The number of hydrogen-bond donors (Lipinski definition) is 3. The molecule has 0 radical (unpaired) electrons. The van der Waals surface area contributed by atoms with E-state index < -0.39 is 11.5 Å². The Balaban J connectivity index is 1.97. The molecule has 1 saturated carbocycles. The maximum atomic E-state index is 11.9. The molecule has 0 saturated heterocycles. The van der Waals surface area contributed by atoms with Gasteiger partial charge in [-0.25, -0.2) is 0 Å². The number of rotatable bonds is 5. The number of aliphatic carboxylic acids is 1. The third kappa shape index (κ3) is 3.24. The molecule has 5 nitrogen and oxygen atoms in total. The highest BCUT2D eigenvalue weighted by Crippen LogP contribution is 2.35. The number of carbonyl (C=O) groups is 2. The van der Waals surface area contributed by atoms with E-state index in [0.717, 1.165) is 6.42 Å². The average Bonchev–Trinajstić information content (AvgIpc) is 2.28. The van der Waals surface area contributed by atoms with Crippen molar-refractivity contribution in [3.63, 3.8) is 0 Å². The molecule has 19 heavy (non-hydrogen) atoms. The summed E-state index contributed by atoms with van der Waals surface area (Å²) in [5, 5.41) is 21.3. The predicted molar refractivity (Wildman–Crippen MR) is 68.8 cm³/mol. The van der Waals surface area contributed by atoms with Crippen LogP contribution in [-0.2, 0) is 16.0 Å². The molecule has 102 valence electrons. The SMILES string of the molecule is O=C(O)CC1(NC(=O)Cc2ccccc2O)CCC1. The standard InChI is InChI=1S/C14H17NO4/c16-11-5-2-1-4-10(11)8-12(17)15-14(6-3-7-14)9-13(18)19/h1-2,4-5,16H,3,6-9H2,(H,15,17)(H,18,19). The van der Waals surface area contributed by atoms with Gasteiger partial charge in [0.1, 0.15) is 5.75 Å². The van der Waals surface area contributed by atoms with E-state index in [1.54, 1.807) is 18.2 Å². The Hall–Kier alpha value is -2.04. The lowest BCUT2D eigenvalue weighted by Gasteiger charge is -2.41. The number of amides is 1. The van der Waals surface area contributed by atoms with Crippen LogP contribution >= 0.6 is 0 Å². The van der Waals surface area contributed by atoms with Gasteiger partial charge in [0, 0.05) is 5.56 Å². The van der Waals surface area contributed by atoms with Crippen molar-refractivity contribution in [3.8, 4) is 5.75 Å². The third-order valence-corrected chi connectivity index (χ3v) is 3.55. The molecule has 1 aliphatic rings. The van der Waals surface area contributed by atoms with Crippen molar-refractivity contribution in [2.24, 2.45) is 0 Å². The van der Waals surface area contributed by atoms with Crippen LogP contribution in [0.5, 0.6) is 5.75 Å². The Morgan fingerprint density at radius 1 is 1.26 bits per heavy atom. The van der Waals surface area contributed by atoms with Crippen LogP contribution in [0.25, 0.3) is 0 Å². The summed E-state index contributed by atoms with van der Waals surface area (Å²) < 4.78 is 0. The second-order valence-electron chi connectivity index (χ2n) is 5.06. The minimum Gasteiger partial charge on any atom is -0.508 e. The molecule has 0 atom stereocenters. The van der Waals surface area contributed by atoms with Gasteiger partial charge in [-0.05, 0) is 25.3 Å². The largest absolute Gasteiger partial charge is 0.508 e. The predicted octanol–water partition coefficient (Wildman–Crippen LogP) is 1.45. The Morgan fingerprint density at radius 3 is 2.47 bits per heavy atom. The second-order valence-corrected chi connectivity index (χ2v) is 5.06. The Kier molecular flexibility index (Phi) is 3.74. The minimum atomic E-state index is -0.900. The van der Waals surface area contributed by atoms with Crippen molar-refractivity contribution in [1.29, 1.82) is 0 Å². The summed E-state index contributed by atoms with van der Waals surface area (Å²) >= 11 is 0. The van der Waals surface area contributed by atoms with E-state index in [1.807, 2.05) is 0 Å². The summed E-state index contributed by atoms with van der Waals surface area (Å²) in [7, 11) is 0. The van der Waals surface area contributed by atoms with Crippen LogP contribution in [0.4, 0.5) is 0 Å². The van der Waals surface area contributed by atoms with Gasteiger partial charge in [-0.1, -0.05) is 18.2 Å². The molecule has 1 amide bonds. The van der Waals surface area contributed by atoms with Gasteiger partial charge < -0.3 is 15.5 Å². The van der Waals surface area contributed by atoms with Gasteiger partial charge in [-0.3, -0.25) is 9.59 Å². The summed E-state index contributed by atoms with van der Waals surface area (Å²) in [6.07, 6.45) is 2.36. The number of carboxylic acid groups (broad SMARTS) is 1. The van der Waals surface area contributed by atoms with Crippen LogP contribution in [0.2, 0.25) is 0 Å². The zero-order valence-electron chi connectivity index (χ0n) is 10.6. The number of aromatic hydroxyl groups is 1. The van der Waals surface area contributed by atoms with E-state index in [1.165, 1.54) is 6.07 Å². The maximum absolute atomic E-state index is 11.9.